The molecule has 0 radical (unpaired) electrons. The molecule has 3 N–H and O–H groups in total. The third-order valence-electron chi connectivity index (χ3n) is 7.58. The minimum absolute atomic E-state index is 0.171. The van der Waals surface area contributed by atoms with E-state index >= 15 is 0 Å². The van der Waals surface area contributed by atoms with Crippen molar-refractivity contribution < 1.29 is 4.79 Å². The topological polar surface area (TPSA) is 98.7 Å². The minimum atomic E-state index is 0.171. The third-order valence-corrected chi connectivity index (χ3v) is 7.58. The second kappa shape index (κ2) is 9.72. The summed E-state index contributed by atoms with van der Waals surface area (Å²) in [5, 5.41) is 10.4. The highest BCUT2D eigenvalue weighted by atomic mass is 16.1. The second-order valence-electron chi connectivity index (χ2n) is 10.1. The first-order valence-electron chi connectivity index (χ1n) is 13.1. The Morgan fingerprint density at radius 1 is 1.03 bits per heavy atom. The van der Waals surface area contributed by atoms with Crippen LogP contribution in [-0.4, -0.2) is 31.7 Å². The van der Waals surface area contributed by atoms with E-state index in [0.717, 1.165) is 90.0 Å². The van der Waals surface area contributed by atoms with Crippen molar-refractivity contribution in [2.75, 3.05) is 5.73 Å². The molecule has 1 aliphatic carbocycles. The molecule has 6 rings (SSSR count). The molecule has 36 heavy (non-hydrogen) atoms. The van der Waals surface area contributed by atoms with Gasteiger partial charge >= 0.3 is 0 Å². The zero-order chi connectivity index (χ0) is 24.5. The monoisotopic (exact) mass is 480 g/mol. The maximum atomic E-state index is 12.6. The van der Waals surface area contributed by atoms with E-state index in [1.165, 1.54) is 0 Å². The Morgan fingerprint density at radius 3 is 2.89 bits per heavy atom. The average molecular weight is 481 g/mol. The van der Waals surface area contributed by atoms with Gasteiger partial charge in [-0.25, -0.2) is 4.98 Å². The fraction of sp³-hybridized carbons (Fsp3) is 0.379. The quantitative estimate of drug-likeness (QED) is 0.358. The number of rotatable bonds is 1. The Hall–Kier alpha value is -3.74. The molecular weight excluding hydrogens is 448 g/mol. The SMILES string of the molecule is Nc1ncc2c3c1c(-c1cnc4ccccc4c1)nn3[C@@H]1CCC[C@H](C1)NC(=O)CCCCCC=C2. The van der Waals surface area contributed by atoms with Gasteiger partial charge in [0.25, 0.3) is 0 Å². The van der Waals surface area contributed by atoms with Gasteiger partial charge in [0.1, 0.15) is 11.5 Å². The van der Waals surface area contributed by atoms with Crippen LogP contribution in [0.3, 0.4) is 0 Å². The number of anilines is 1. The van der Waals surface area contributed by atoms with Crippen molar-refractivity contribution in [2.24, 2.45) is 0 Å². The Bertz CT molecular complexity index is 1460. The van der Waals surface area contributed by atoms with Crippen molar-refractivity contribution in [3.8, 4) is 11.3 Å². The lowest BCUT2D eigenvalue weighted by atomic mass is 9.90. The molecule has 3 aromatic heterocycles. The zero-order valence-electron chi connectivity index (χ0n) is 20.5. The number of hydrogen-bond acceptors (Lipinski definition) is 5. The molecule has 2 aliphatic rings. The van der Waals surface area contributed by atoms with Crippen LogP contribution < -0.4 is 11.1 Å². The first-order chi connectivity index (χ1) is 17.7. The summed E-state index contributed by atoms with van der Waals surface area (Å²) in [4.78, 5) is 21.8. The van der Waals surface area contributed by atoms with Gasteiger partial charge in [-0.1, -0.05) is 36.8 Å². The number of carbonyl (C=O) groups is 1. The summed E-state index contributed by atoms with van der Waals surface area (Å²) in [7, 11) is 0. The Labute approximate surface area is 210 Å². The standard InChI is InChI=1S/C29H32N6O/c30-29-26-27(21-15-19-9-6-7-13-24(19)31-18-21)34-35-23-12-8-11-22(16-23)33-25(36)14-5-3-1-2-4-10-20(17-32-29)28(26)35/h4,6-7,9-10,13,15,17-18,22-23H,1-3,5,8,11-12,14,16H2,(H2,30,32)(H,33,36)/t22-,23-/m1/s1. The van der Waals surface area contributed by atoms with E-state index in [0.29, 0.717) is 12.2 Å². The van der Waals surface area contributed by atoms with Crippen LogP contribution >= 0.6 is 0 Å². The maximum Gasteiger partial charge on any atom is 0.220 e. The maximum absolute atomic E-state index is 12.6. The molecule has 2 atom stereocenters. The van der Waals surface area contributed by atoms with Gasteiger partial charge in [0.05, 0.1) is 22.5 Å². The van der Waals surface area contributed by atoms with Gasteiger partial charge in [-0.15, -0.1) is 0 Å². The molecule has 1 fully saturated rings. The van der Waals surface area contributed by atoms with E-state index in [-0.39, 0.29) is 18.0 Å². The van der Waals surface area contributed by atoms with Crippen LogP contribution in [0.25, 0.3) is 39.1 Å². The van der Waals surface area contributed by atoms with Crippen LogP contribution in [0.2, 0.25) is 0 Å². The summed E-state index contributed by atoms with van der Waals surface area (Å²) in [6.45, 7) is 0. The van der Waals surface area contributed by atoms with Crippen molar-refractivity contribution in [1.82, 2.24) is 25.1 Å². The number of para-hydroxylation sites is 1. The van der Waals surface area contributed by atoms with Crippen LogP contribution in [-0.2, 0) is 4.79 Å². The highest BCUT2D eigenvalue weighted by Gasteiger charge is 2.29. The van der Waals surface area contributed by atoms with Crippen molar-refractivity contribution in [1.29, 1.82) is 0 Å². The van der Waals surface area contributed by atoms with Crippen molar-refractivity contribution in [3.05, 3.63) is 54.4 Å². The van der Waals surface area contributed by atoms with Crippen LogP contribution in [0.15, 0.2) is 48.8 Å². The van der Waals surface area contributed by atoms with Crippen molar-refractivity contribution in [3.63, 3.8) is 0 Å². The van der Waals surface area contributed by atoms with Crippen LogP contribution in [0.4, 0.5) is 5.82 Å². The van der Waals surface area contributed by atoms with E-state index in [9.17, 15) is 4.79 Å². The van der Waals surface area contributed by atoms with Crippen LogP contribution in [0.5, 0.6) is 0 Å². The Kier molecular flexibility index (Phi) is 6.13. The predicted molar refractivity (Wildman–Crippen MR) is 144 cm³/mol. The second-order valence-corrected chi connectivity index (χ2v) is 10.1. The number of allylic oxidation sites excluding steroid dienone is 1. The smallest absolute Gasteiger partial charge is 0.220 e. The summed E-state index contributed by atoms with van der Waals surface area (Å²) in [6.07, 6.45) is 16.7. The molecule has 1 aliphatic heterocycles. The minimum Gasteiger partial charge on any atom is -0.383 e. The summed E-state index contributed by atoms with van der Waals surface area (Å²) >= 11 is 0. The first-order valence-corrected chi connectivity index (χ1v) is 13.1. The highest BCUT2D eigenvalue weighted by molar-refractivity contribution is 6.04. The number of carbonyl (C=O) groups excluding carboxylic acids is 1. The van der Waals surface area contributed by atoms with Gasteiger partial charge in [-0.3, -0.25) is 14.5 Å². The summed E-state index contributed by atoms with van der Waals surface area (Å²) < 4.78 is 2.16. The molecule has 2 bridgehead atoms. The van der Waals surface area contributed by atoms with Gasteiger partial charge in [0.2, 0.25) is 5.91 Å². The van der Waals surface area contributed by atoms with E-state index in [2.05, 4.69) is 44.3 Å². The number of benzene rings is 1. The Morgan fingerprint density at radius 2 is 1.94 bits per heavy atom. The number of nitrogens with zero attached hydrogens (tertiary/aromatic N) is 4. The number of pyridine rings is 2. The number of hydrogen-bond donors (Lipinski definition) is 2. The summed E-state index contributed by atoms with van der Waals surface area (Å²) in [5.41, 5.74) is 11.3. The number of nitrogens with two attached hydrogens (primary N) is 1. The number of aromatic nitrogens is 4. The van der Waals surface area contributed by atoms with Gasteiger partial charge in [0.15, 0.2) is 0 Å². The molecule has 184 valence electrons. The molecular formula is C29H32N6O. The molecule has 7 heteroatoms. The van der Waals surface area contributed by atoms with E-state index < -0.39 is 0 Å². The molecule has 0 saturated heterocycles. The number of amides is 1. The molecule has 0 spiro atoms. The fourth-order valence-corrected chi connectivity index (χ4v) is 5.76. The lowest BCUT2D eigenvalue weighted by molar-refractivity contribution is -0.122. The number of nitrogen functional groups attached to an aromatic ring is 1. The molecule has 7 nitrogen and oxygen atoms in total. The lowest BCUT2D eigenvalue weighted by Gasteiger charge is -2.30. The molecule has 0 unspecified atom stereocenters. The summed E-state index contributed by atoms with van der Waals surface area (Å²) in [5.74, 6) is 0.656. The molecule has 4 aromatic rings. The number of fused-ring (bicyclic) bond motifs is 4. The predicted octanol–water partition coefficient (Wildman–Crippen LogP) is 5.81. The zero-order valence-corrected chi connectivity index (χ0v) is 20.5. The van der Waals surface area contributed by atoms with Crippen molar-refractivity contribution >= 4 is 39.6 Å². The first kappa shape index (κ1) is 22.7. The van der Waals surface area contributed by atoms with E-state index in [1.807, 2.05) is 30.6 Å². The largest absolute Gasteiger partial charge is 0.383 e. The van der Waals surface area contributed by atoms with E-state index in [1.54, 1.807) is 0 Å². The molecule has 1 aromatic carbocycles. The molecule has 4 heterocycles. The average Bonchev–Trinajstić information content (AvgIpc) is 3.30. The third kappa shape index (κ3) is 4.34. The Balaban J connectivity index is 1.53. The molecule has 1 saturated carbocycles. The van der Waals surface area contributed by atoms with Gasteiger partial charge in [0, 0.05) is 41.4 Å². The number of nitrogens with one attached hydrogen (secondary N) is 1. The van der Waals surface area contributed by atoms with Gasteiger partial charge in [-0.2, -0.15) is 5.10 Å². The van der Waals surface area contributed by atoms with Gasteiger partial charge in [-0.05, 0) is 57.1 Å². The van der Waals surface area contributed by atoms with Crippen LogP contribution in [0.1, 0.15) is 69.4 Å². The fourth-order valence-electron chi connectivity index (χ4n) is 5.76. The molecule has 1 amide bonds. The van der Waals surface area contributed by atoms with Crippen LogP contribution in [0, 0.1) is 0 Å². The summed E-state index contributed by atoms with van der Waals surface area (Å²) in [6, 6.07) is 10.6. The van der Waals surface area contributed by atoms with Crippen molar-refractivity contribution in [2.45, 2.75) is 69.9 Å². The van der Waals surface area contributed by atoms with E-state index in [4.69, 9.17) is 10.8 Å². The highest BCUT2D eigenvalue weighted by Crippen LogP contribution is 2.39. The lowest BCUT2D eigenvalue weighted by Crippen LogP contribution is -2.39. The normalized spacial score (nSPS) is 21.2. The van der Waals surface area contributed by atoms with Gasteiger partial charge < -0.3 is 11.1 Å².